The highest BCUT2D eigenvalue weighted by Crippen LogP contribution is 2.15. The molecular weight excluding hydrogens is 295 g/mol. The van der Waals surface area contributed by atoms with Gasteiger partial charge in [-0.2, -0.15) is 0 Å². The Morgan fingerprint density at radius 2 is 1.83 bits per heavy atom. The summed E-state index contributed by atoms with van der Waals surface area (Å²) in [5, 5.41) is 2.68. The van der Waals surface area contributed by atoms with Crippen LogP contribution in [-0.4, -0.2) is 29.0 Å². The molecule has 1 aromatic carbocycles. The van der Waals surface area contributed by atoms with Crippen molar-refractivity contribution in [3.05, 3.63) is 53.6 Å². The molecule has 1 aliphatic heterocycles. The average Bonchev–Trinajstić information content (AvgIpc) is 2.62. The number of halogens is 1. The number of nitrogens with one attached hydrogen (secondary N) is 1. The molecule has 0 spiro atoms. The minimum absolute atomic E-state index is 0.138. The lowest BCUT2D eigenvalue weighted by Gasteiger charge is -2.26. The van der Waals surface area contributed by atoms with Crippen molar-refractivity contribution in [1.82, 2.24) is 15.3 Å². The Bertz CT molecular complexity index is 669. The number of nitrogens with zero attached hydrogens (tertiary/aromatic N) is 3. The van der Waals surface area contributed by atoms with Crippen LogP contribution in [0.25, 0.3) is 0 Å². The Kier molecular flexibility index (Phi) is 4.80. The Hall–Kier alpha value is -2.50. The highest BCUT2D eigenvalue weighted by Gasteiger charge is 2.14. The summed E-state index contributed by atoms with van der Waals surface area (Å²) in [6.45, 7) is 2.05. The second-order valence-electron chi connectivity index (χ2n) is 5.59. The Morgan fingerprint density at radius 1 is 1.13 bits per heavy atom. The van der Waals surface area contributed by atoms with Crippen LogP contribution in [0.1, 0.15) is 35.2 Å². The third kappa shape index (κ3) is 3.83. The van der Waals surface area contributed by atoms with Gasteiger partial charge in [0.25, 0.3) is 5.91 Å². The van der Waals surface area contributed by atoms with Crippen LogP contribution in [0.4, 0.5) is 10.3 Å². The maximum absolute atomic E-state index is 13.5. The summed E-state index contributed by atoms with van der Waals surface area (Å²) in [5.41, 5.74) is 0.828. The summed E-state index contributed by atoms with van der Waals surface area (Å²) in [5.74, 6) is 0.0262. The standard InChI is InChI=1S/C17H19FN4O/c18-15-7-3-2-6-13(15)10-19-16(23)14-11-20-17(21-12-14)22-8-4-1-5-9-22/h2-3,6-7,11-12H,1,4-5,8-10H2,(H,19,23). The van der Waals surface area contributed by atoms with Crippen LogP contribution in [-0.2, 0) is 6.54 Å². The predicted octanol–water partition coefficient (Wildman–Crippen LogP) is 2.54. The lowest BCUT2D eigenvalue weighted by Crippen LogP contribution is -2.31. The van der Waals surface area contributed by atoms with Gasteiger partial charge in [-0.25, -0.2) is 14.4 Å². The molecule has 2 heterocycles. The largest absolute Gasteiger partial charge is 0.348 e. The van der Waals surface area contributed by atoms with Gasteiger partial charge in [-0.15, -0.1) is 0 Å². The van der Waals surface area contributed by atoms with Gasteiger partial charge in [0.05, 0.1) is 5.56 Å². The van der Waals surface area contributed by atoms with Crippen LogP contribution in [0.15, 0.2) is 36.7 Å². The van der Waals surface area contributed by atoms with Gasteiger partial charge in [0.1, 0.15) is 5.82 Å². The van der Waals surface area contributed by atoms with Crippen molar-refractivity contribution in [2.24, 2.45) is 0 Å². The topological polar surface area (TPSA) is 58.1 Å². The molecule has 5 nitrogen and oxygen atoms in total. The van der Waals surface area contributed by atoms with Gasteiger partial charge in [0.15, 0.2) is 0 Å². The van der Waals surface area contributed by atoms with Crippen molar-refractivity contribution < 1.29 is 9.18 Å². The molecular formula is C17H19FN4O. The molecule has 0 saturated carbocycles. The first-order valence-corrected chi connectivity index (χ1v) is 7.82. The van der Waals surface area contributed by atoms with Crippen LogP contribution in [0, 0.1) is 5.82 Å². The van der Waals surface area contributed by atoms with Gasteiger partial charge in [-0.05, 0) is 25.3 Å². The van der Waals surface area contributed by atoms with E-state index in [2.05, 4.69) is 20.2 Å². The van der Waals surface area contributed by atoms with E-state index in [1.807, 2.05) is 0 Å². The van der Waals surface area contributed by atoms with E-state index < -0.39 is 0 Å². The average molecular weight is 314 g/mol. The van der Waals surface area contributed by atoms with Crippen LogP contribution >= 0.6 is 0 Å². The van der Waals surface area contributed by atoms with Crippen molar-refractivity contribution in [1.29, 1.82) is 0 Å². The number of rotatable bonds is 4. The molecule has 120 valence electrons. The minimum Gasteiger partial charge on any atom is -0.348 e. The molecule has 1 saturated heterocycles. The molecule has 1 N–H and O–H groups in total. The smallest absolute Gasteiger partial charge is 0.254 e. The van der Waals surface area contributed by atoms with Crippen molar-refractivity contribution >= 4 is 11.9 Å². The quantitative estimate of drug-likeness (QED) is 0.942. The number of carbonyl (C=O) groups excluding carboxylic acids is 1. The van der Waals surface area contributed by atoms with E-state index in [1.165, 1.54) is 24.9 Å². The summed E-state index contributed by atoms with van der Waals surface area (Å²) < 4.78 is 13.5. The zero-order valence-electron chi connectivity index (χ0n) is 12.8. The van der Waals surface area contributed by atoms with E-state index >= 15 is 0 Å². The second-order valence-corrected chi connectivity index (χ2v) is 5.59. The SMILES string of the molecule is O=C(NCc1ccccc1F)c1cnc(N2CCCCC2)nc1. The van der Waals surface area contributed by atoms with Crippen molar-refractivity contribution in [3.63, 3.8) is 0 Å². The van der Waals surface area contributed by atoms with Gasteiger partial charge in [-0.1, -0.05) is 18.2 Å². The number of piperidine rings is 1. The summed E-state index contributed by atoms with van der Waals surface area (Å²) in [6.07, 6.45) is 6.58. The van der Waals surface area contributed by atoms with Gasteiger partial charge in [0.2, 0.25) is 5.95 Å². The first kappa shape index (κ1) is 15.4. The normalized spacial score (nSPS) is 14.6. The van der Waals surface area contributed by atoms with E-state index in [9.17, 15) is 9.18 Å². The Balaban J connectivity index is 1.60. The van der Waals surface area contributed by atoms with E-state index in [4.69, 9.17) is 0 Å². The maximum Gasteiger partial charge on any atom is 0.254 e. The molecule has 1 amide bonds. The fourth-order valence-corrected chi connectivity index (χ4v) is 2.62. The maximum atomic E-state index is 13.5. The summed E-state index contributed by atoms with van der Waals surface area (Å²) in [4.78, 5) is 22.8. The van der Waals surface area contributed by atoms with Gasteiger partial charge in [-0.3, -0.25) is 4.79 Å². The molecule has 0 aliphatic carbocycles. The molecule has 3 rings (SSSR count). The molecule has 6 heteroatoms. The Labute approximate surface area is 134 Å². The molecule has 1 aromatic heterocycles. The van der Waals surface area contributed by atoms with E-state index in [-0.39, 0.29) is 18.3 Å². The fourth-order valence-electron chi connectivity index (χ4n) is 2.62. The molecule has 0 atom stereocenters. The minimum atomic E-state index is -0.329. The van der Waals surface area contributed by atoms with Crippen molar-refractivity contribution in [2.45, 2.75) is 25.8 Å². The number of anilines is 1. The molecule has 1 fully saturated rings. The number of hydrogen-bond acceptors (Lipinski definition) is 4. The number of hydrogen-bond donors (Lipinski definition) is 1. The Morgan fingerprint density at radius 3 is 2.52 bits per heavy atom. The van der Waals surface area contributed by atoms with Crippen molar-refractivity contribution in [2.75, 3.05) is 18.0 Å². The number of amides is 1. The molecule has 0 bridgehead atoms. The first-order chi connectivity index (χ1) is 11.2. The zero-order chi connectivity index (χ0) is 16.1. The lowest BCUT2D eigenvalue weighted by atomic mass is 10.1. The number of benzene rings is 1. The fraction of sp³-hybridized carbons (Fsp3) is 0.353. The van der Waals surface area contributed by atoms with Gasteiger partial charge in [0, 0.05) is 37.6 Å². The second kappa shape index (κ2) is 7.17. The van der Waals surface area contributed by atoms with Crippen molar-refractivity contribution in [3.8, 4) is 0 Å². The van der Waals surface area contributed by atoms with Gasteiger partial charge >= 0.3 is 0 Å². The lowest BCUT2D eigenvalue weighted by molar-refractivity contribution is 0.0950. The number of carbonyl (C=O) groups is 1. The monoisotopic (exact) mass is 314 g/mol. The van der Waals surface area contributed by atoms with Gasteiger partial charge < -0.3 is 10.2 Å². The number of aromatic nitrogens is 2. The van der Waals surface area contributed by atoms with E-state index in [1.54, 1.807) is 18.2 Å². The van der Waals surface area contributed by atoms with E-state index in [0.29, 0.717) is 17.1 Å². The van der Waals surface area contributed by atoms with E-state index in [0.717, 1.165) is 25.9 Å². The molecule has 0 radical (unpaired) electrons. The van der Waals surface area contributed by atoms with Crippen LogP contribution < -0.4 is 10.2 Å². The first-order valence-electron chi connectivity index (χ1n) is 7.82. The summed E-state index contributed by atoms with van der Waals surface area (Å²) in [7, 11) is 0. The molecule has 23 heavy (non-hydrogen) atoms. The summed E-state index contributed by atoms with van der Waals surface area (Å²) >= 11 is 0. The highest BCUT2D eigenvalue weighted by molar-refractivity contribution is 5.93. The summed E-state index contributed by atoms with van der Waals surface area (Å²) in [6, 6.07) is 6.37. The molecule has 2 aromatic rings. The van der Waals surface area contributed by atoms with Crippen LogP contribution in [0.2, 0.25) is 0 Å². The highest BCUT2D eigenvalue weighted by atomic mass is 19.1. The van der Waals surface area contributed by atoms with Crippen LogP contribution in [0.5, 0.6) is 0 Å². The predicted molar refractivity (Wildman–Crippen MR) is 85.7 cm³/mol. The van der Waals surface area contributed by atoms with Crippen LogP contribution in [0.3, 0.4) is 0 Å². The molecule has 1 aliphatic rings. The third-order valence-electron chi connectivity index (χ3n) is 3.94. The molecule has 0 unspecified atom stereocenters. The zero-order valence-corrected chi connectivity index (χ0v) is 12.8. The third-order valence-corrected chi connectivity index (χ3v) is 3.94.